The lowest BCUT2D eigenvalue weighted by atomic mass is 10.0. The van der Waals surface area contributed by atoms with E-state index in [1.807, 2.05) is 13.8 Å². The number of aryl methyl sites for hydroxylation is 3. The Labute approximate surface area is 179 Å². The topological polar surface area (TPSA) is 102 Å². The molecular formula is C22H23FN6O2. The second-order valence-corrected chi connectivity index (χ2v) is 6.97. The summed E-state index contributed by atoms with van der Waals surface area (Å²) in [5.74, 6) is 0.704. The smallest absolute Gasteiger partial charge is 0.318 e. The second-order valence-electron chi connectivity index (χ2n) is 6.97. The van der Waals surface area contributed by atoms with E-state index in [0.717, 1.165) is 11.1 Å². The highest BCUT2D eigenvalue weighted by Crippen LogP contribution is 2.27. The minimum absolute atomic E-state index is 0.0993. The van der Waals surface area contributed by atoms with Crippen LogP contribution in [0.4, 0.5) is 27.7 Å². The molecule has 0 saturated carbocycles. The van der Waals surface area contributed by atoms with Crippen molar-refractivity contribution in [2.24, 2.45) is 0 Å². The first-order valence-corrected chi connectivity index (χ1v) is 9.50. The predicted octanol–water partition coefficient (Wildman–Crippen LogP) is 4.12. The van der Waals surface area contributed by atoms with Gasteiger partial charge in [0, 0.05) is 35.6 Å². The first-order valence-electron chi connectivity index (χ1n) is 9.50. The van der Waals surface area contributed by atoms with Crippen molar-refractivity contribution in [3.05, 3.63) is 65.3 Å². The van der Waals surface area contributed by atoms with Crippen molar-refractivity contribution in [3.63, 3.8) is 0 Å². The van der Waals surface area contributed by atoms with Crippen LogP contribution in [0.25, 0.3) is 0 Å². The van der Waals surface area contributed by atoms with Crippen LogP contribution in [0.15, 0.2) is 37.2 Å². The largest absolute Gasteiger partial charge is 0.467 e. The molecule has 3 aromatic rings. The van der Waals surface area contributed by atoms with E-state index in [1.165, 1.54) is 19.3 Å². The summed E-state index contributed by atoms with van der Waals surface area (Å²) in [7, 11) is 1.48. The zero-order valence-electron chi connectivity index (χ0n) is 17.8. The molecule has 0 aliphatic carbocycles. The van der Waals surface area contributed by atoms with Crippen molar-refractivity contribution in [2.45, 2.75) is 27.2 Å². The van der Waals surface area contributed by atoms with Crippen LogP contribution in [0.5, 0.6) is 6.01 Å². The number of anilines is 4. The fraction of sp³-hybridized carbons (Fsp3) is 0.227. The molecule has 160 valence electrons. The normalized spacial score (nSPS) is 10.5. The lowest BCUT2D eigenvalue weighted by Gasteiger charge is -2.15. The third kappa shape index (κ3) is 5.19. The zero-order chi connectivity index (χ0) is 22.5. The van der Waals surface area contributed by atoms with Gasteiger partial charge >= 0.3 is 6.01 Å². The molecule has 0 aliphatic heterocycles. The standard InChI is InChI=1S/C22H23FN6O2/c1-6-16(30)8-15-7-12(2)17(23)9-18(15)26-19-13(3)10-24-21(27-19)28-20-14(4)11-25-22(29-20)31-5/h6-7,9-11H,1,8H2,2-5H3,(H2,24,25,26,27,28,29). The highest BCUT2D eigenvalue weighted by atomic mass is 19.1. The number of nitrogens with zero attached hydrogens (tertiary/aromatic N) is 4. The van der Waals surface area contributed by atoms with E-state index in [1.54, 1.807) is 25.4 Å². The van der Waals surface area contributed by atoms with Gasteiger partial charge in [-0.1, -0.05) is 12.6 Å². The summed E-state index contributed by atoms with van der Waals surface area (Å²) in [6.45, 7) is 8.82. The zero-order valence-corrected chi connectivity index (χ0v) is 17.8. The summed E-state index contributed by atoms with van der Waals surface area (Å²) in [6.07, 6.45) is 4.60. The molecular weight excluding hydrogens is 399 g/mol. The predicted molar refractivity (Wildman–Crippen MR) is 117 cm³/mol. The number of rotatable bonds is 8. The molecule has 1 aromatic carbocycles. The highest BCUT2D eigenvalue weighted by molar-refractivity contribution is 5.92. The van der Waals surface area contributed by atoms with Crippen molar-refractivity contribution in [1.29, 1.82) is 0 Å². The van der Waals surface area contributed by atoms with E-state index < -0.39 is 0 Å². The minimum atomic E-state index is -0.383. The second kappa shape index (κ2) is 9.29. The Balaban J connectivity index is 1.94. The Morgan fingerprint density at radius 2 is 1.74 bits per heavy atom. The van der Waals surface area contributed by atoms with E-state index in [2.05, 4.69) is 37.1 Å². The Bertz CT molecular complexity index is 1150. The molecule has 2 aromatic heterocycles. The number of benzene rings is 1. The summed E-state index contributed by atoms with van der Waals surface area (Å²) in [4.78, 5) is 29.0. The van der Waals surface area contributed by atoms with Crippen molar-refractivity contribution >= 4 is 29.1 Å². The van der Waals surface area contributed by atoms with Gasteiger partial charge in [0.05, 0.1) is 7.11 Å². The summed E-state index contributed by atoms with van der Waals surface area (Å²) >= 11 is 0. The molecule has 0 fully saturated rings. The van der Waals surface area contributed by atoms with E-state index in [4.69, 9.17) is 4.74 Å². The maximum Gasteiger partial charge on any atom is 0.318 e. The SMILES string of the molecule is C=CC(=O)Cc1cc(C)c(F)cc1Nc1nc(Nc2nc(OC)ncc2C)ncc1C. The molecule has 9 heteroatoms. The van der Waals surface area contributed by atoms with Crippen LogP contribution in [-0.4, -0.2) is 32.8 Å². The third-order valence-electron chi connectivity index (χ3n) is 4.56. The summed E-state index contributed by atoms with van der Waals surface area (Å²) < 4.78 is 19.3. The van der Waals surface area contributed by atoms with Gasteiger partial charge < -0.3 is 15.4 Å². The summed E-state index contributed by atoms with van der Waals surface area (Å²) in [5, 5.41) is 6.17. The third-order valence-corrected chi connectivity index (χ3v) is 4.56. The van der Waals surface area contributed by atoms with E-state index >= 15 is 0 Å². The maximum atomic E-state index is 14.2. The lowest BCUT2D eigenvalue weighted by molar-refractivity contribution is -0.114. The molecule has 3 rings (SSSR count). The first-order chi connectivity index (χ1) is 14.8. The van der Waals surface area contributed by atoms with Gasteiger partial charge in [-0.3, -0.25) is 4.79 Å². The molecule has 0 aliphatic rings. The molecule has 2 heterocycles. The van der Waals surface area contributed by atoms with Crippen LogP contribution in [0.2, 0.25) is 0 Å². The summed E-state index contributed by atoms with van der Waals surface area (Å²) in [6, 6.07) is 3.21. The molecule has 0 bridgehead atoms. The van der Waals surface area contributed by atoms with Gasteiger partial charge in [0.1, 0.15) is 17.5 Å². The van der Waals surface area contributed by atoms with E-state index in [0.29, 0.717) is 28.5 Å². The molecule has 0 atom stereocenters. The van der Waals surface area contributed by atoms with Gasteiger partial charge in [-0.15, -0.1) is 0 Å². The van der Waals surface area contributed by atoms with Gasteiger partial charge in [-0.05, 0) is 44.0 Å². The van der Waals surface area contributed by atoms with Crippen LogP contribution in [-0.2, 0) is 11.2 Å². The number of ketones is 1. The van der Waals surface area contributed by atoms with Gasteiger partial charge in [0.2, 0.25) is 5.95 Å². The van der Waals surface area contributed by atoms with Crippen molar-refractivity contribution in [1.82, 2.24) is 19.9 Å². The fourth-order valence-corrected chi connectivity index (χ4v) is 2.78. The van der Waals surface area contributed by atoms with Crippen LogP contribution >= 0.6 is 0 Å². The molecule has 0 unspecified atom stereocenters. The fourth-order valence-electron chi connectivity index (χ4n) is 2.78. The molecule has 31 heavy (non-hydrogen) atoms. The molecule has 2 N–H and O–H groups in total. The van der Waals surface area contributed by atoms with Gasteiger partial charge in [0.15, 0.2) is 5.78 Å². The number of carbonyl (C=O) groups is 1. The van der Waals surface area contributed by atoms with Crippen molar-refractivity contribution < 1.29 is 13.9 Å². The Morgan fingerprint density at radius 1 is 1.06 bits per heavy atom. The van der Waals surface area contributed by atoms with E-state index in [-0.39, 0.29) is 30.0 Å². The van der Waals surface area contributed by atoms with E-state index in [9.17, 15) is 9.18 Å². The molecule has 0 spiro atoms. The number of nitrogens with one attached hydrogen (secondary N) is 2. The van der Waals surface area contributed by atoms with Crippen molar-refractivity contribution in [2.75, 3.05) is 17.7 Å². The average molecular weight is 422 g/mol. The number of methoxy groups -OCH3 is 1. The van der Waals surface area contributed by atoms with Crippen LogP contribution in [0.3, 0.4) is 0 Å². The van der Waals surface area contributed by atoms with Crippen LogP contribution in [0.1, 0.15) is 22.3 Å². The number of hydrogen-bond donors (Lipinski definition) is 2. The highest BCUT2D eigenvalue weighted by Gasteiger charge is 2.14. The number of halogens is 1. The monoisotopic (exact) mass is 422 g/mol. The summed E-state index contributed by atoms with van der Waals surface area (Å²) in [5.41, 5.74) is 3.07. The number of allylic oxidation sites excluding steroid dienone is 1. The first kappa shape index (κ1) is 21.8. The van der Waals surface area contributed by atoms with Crippen molar-refractivity contribution in [3.8, 4) is 6.01 Å². The van der Waals surface area contributed by atoms with Gasteiger partial charge in [-0.25, -0.2) is 14.4 Å². The number of ether oxygens (including phenoxy) is 1. The van der Waals surface area contributed by atoms with Gasteiger partial charge in [0.25, 0.3) is 0 Å². The number of hydrogen-bond acceptors (Lipinski definition) is 8. The maximum absolute atomic E-state index is 14.2. The minimum Gasteiger partial charge on any atom is -0.467 e. The lowest BCUT2D eigenvalue weighted by Crippen LogP contribution is -2.08. The van der Waals surface area contributed by atoms with Crippen LogP contribution < -0.4 is 15.4 Å². The molecule has 8 nitrogen and oxygen atoms in total. The average Bonchev–Trinajstić information content (AvgIpc) is 2.75. The quantitative estimate of drug-likeness (QED) is 0.523. The molecule has 0 amide bonds. The Kier molecular flexibility index (Phi) is 6.54. The number of aromatic nitrogens is 4. The molecule has 0 radical (unpaired) electrons. The van der Waals surface area contributed by atoms with Crippen LogP contribution in [0, 0.1) is 26.6 Å². The Hall–Kier alpha value is -3.88. The molecule has 0 saturated heterocycles. The number of carbonyl (C=O) groups excluding carboxylic acids is 1. The van der Waals surface area contributed by atoms with Gasteiger partial charge in [-0.2, -0.15) is 9.97 Å². The Morgan fingerprint density at radius 3 is 2.42 bits per heavy atom.